The summed E-state index contributed by atoms with van der Waals surface area (Å²) < 4.78 is 38.1. The molecule has 168 valence electrons. The Morgan fingerprint density at radius 2 is 2.06 bits per heavy atom. The predicted octanol–water partition coefficient (Wildman–Crippen LogP) is 1.93. The van der Waals surface area contributed by atoms with E-state index in [0.717, 1.165) is 23.9 Å². The number of amides is 1. The van der Waals surface area contributed by atoms with Crippen LogP contribution in [0, 0.1) is 5.41 Å². The molecule has 0 unspecified atom stereocenters. The first-order valence-corrected chi connectivity index (χ1v) is 12.3. The summed E-state index contributed by atoms with van der Waals surface area (Å²) in [6.07, 6.45) is 4.88. The zero-order chi connectivity index (χ0) is 21.6. The zero-order valence-electron chi connectivity index (χ0n) is 17.6. The van der Waals surface area contributed by atoms with Gasteiger partial charge in [-0.05, 0) is 36.5 Å². The number of aromatic amines is 1. The molecule has 31 heavy (non-hydrogen) atoms. The van der Waals surface area contributed by atoms with E-state index in [4.69, 9.17) is 9.47 Å². The van der Waals surface area contributed by atoms with Crippen LogP contribution in [0.4, 0.5) is 4.79 Å². The van der Waals surface area contributed by atoms with Crippen molar-refractivity contribution in [3.63, 3.8) is 0 Å². The van der Waals surface area contributed by atoms with Crippen LogP contribution in [0.25, 0.3) is 11.0 Å². The van der Waals surface area contributed by atoms with Gasteiger partial charge in [0.15, 0.2) is 0 Å². The maximum absolute atomic E-state index is 13.0. The number of hydrogen-bond acceptors (Lipinski definition) is 6. The van der Waals surface area contributed by atoms with Gasteiger partial charge in [-0.3, -0.25) is 0 Å². The minimum Gasteiger partial charge on any atom is -0.449 e. The summed E-state index contributed by atoms with van der Waals surface area (Å²) in [6, 6.07) is 3.98. The number of piperidine rings is 1. The number of hydrogen-bond donors (Lipinski definition) is 1. The van der Waals surface area contributed by atoms with Crippen LogP contribution >= 0.6 is 0 Å². The summed E-state index contributed by atoms with van der Waals surface area (Å²) >= 11 is 0. The highest BCUT2D eigenvalue weighted by atomic mass is 32.2. The van der Waals surface area contributed by atoms with Gasteiger partial charge in [0, 0.05) is 49.4 Å². The first kappa shape index (κ1) is 20.7. The molecule has 3 aliphatic heterocycles. The fourth-order valence-electron chi connectivity index (χ4n) is 4.58. The number of H-pyrrole nitrogens is 1. The van der Waals surface area contributed by atoms with Crippen LogP contribution in [0.5, 0.6) is 0 Å². The summed E-state index contributed by atoms with van der Waals surface area (Å²) in [6.45, 7) is 4.87. The van der Waals surface area contributed by atoms with Gasteiger partial charge >= 0.3 is 6.09 Å². The zero-order valence-corrected chi connectivity index (χ0v) is 18.4. The van der Waals surface area contributed by atoms with Crippen molar-refractivity contribution in [3.05, 3.63) is 30.1 Å². The Morgan fingerprint density at radius 1 is 1.32 bits per heavy atom. The first-order chi connectivity index (χ1) is 14.9. The second-order valence-corrected chi connectivity index (χ2v) is 11.5. The molecule has 3 fully saturated rings. The Kier molecular flexibility index (Phi) is 5.18. The normalized spacial score (nSPS) is 22.8. The van der Waals surface area contributed by atoms with E-state index < -0.39 is 21.4 Å². The molecule has 10 heteroatoms. The smallest absolute Gasteiger partial charge is 0.409 e. The van der Waals surface area contributed by atoms with Crippen LogP contribution in [0.3, 0.4) is 0 Å². The van der Waals surface area contributed by atoms with Gasteiger partial charge in [0.05, 0.1) is 13.2 Å². The SMILES string of the molecule is CC1(COC(=O)N2CC(S(=O)(=O)N3CCC(c4c[nH]c5ncccc45)CC3)C2)COC1. The third kappa shape index (κ3) is 3.81. The molecule has 0 aliphatic carbocycles. The van der Waals surface area contributed by atoms with Gasteiger partial charge in [0.2, 0.25) is 10.0 Å². The van der Waals surface area contributed by atoms with Crippen LogP contribution in [0.15, 0.2) is 24.5 Å². The van der Waals surface area contributed by atoms with Crippen molar-refractivity contribution in [2.24, 2.45) is 5.41 Å². The first-order valence-electron chi connectivity index (χ1n) is 10.8. The lowest BCUT2D eigenvalue weighted by Crippen LogP contribution is -2.61. The number of fused-ring (bicyclic) bond motifs is 1. The van der Waals surface area contributed by atoms with Crippen molar-refractivity contribution in [3.8, 4) is 0 Å². The van der Waals surface area contributed by atoms with E-state index >= 15 is 0 Å². The van der Waals surface area contributed by atoms with Crippen LogP contribution in [-0.4, -0.2) is 84.9 Å². The van der Waals surface area contributed by atoms with Crippen molar-refractivity contribution < 1.29 is 22.7 Å². The van der Waals surface area contributed by atoms with Gasteiger partial charge in [-0.25, -0.2) is 22.5 Å². The Balaban J connectivity index is 1.13. The maximum Gasteiger partial charge on any atom is 0.409 e. The van der Waals surface area contributed by atoms with Gasteiger partial charge in [-0.1, -0.05) is 6.92 Å². The summed E-state index contributed by atoms with van der Waals surface area (Å²) in [5.41, 5.74) is 1.97. The third-order valence-corrected chi connectivity index (χ3v) is 8.93. The van der Waals surface area contributed by atoms with Gasteiger partial charge in [0.1, 0.15) is 17.5 Å². The molecule has 1 amide bonds. The number of nitrogens with one attached hydrogen (secondary N) is 1. The summed E-state index contributed by atoms with van der Waals surface area (Å²) in [5.74, 6) is 0.314. The van der Waals surface area contributed by atoms with Gasteiger partial charge < -0.3 is 19.4 Å². The number of nitrogens with zero attached hydrogens (tertiary/aromatic N) is 3. The highest BCUT2D eigenvalue weighted by Gasteiger charge is 2.45. The molecule has 5 heterocycles. The van der Waals surface area contributed by atoms with E-state index in [-0.39, 0.29) is 18.5 Å². The number of pyridine rings is 1. The molecule has 0 radical (unpaired) electrons. The fraction of sp³-hybridized carbons (Fsp3) is 0.619. The number of carbonyl (C=O) groups is 1. The second-order valence-electron chi connectivity index (χ2n) is 9.25. The number of sulfonamides is 1. The molecule has 3 saturated heterocycles. The van der Waals surface area contributed by atoms with E-state index in [9.17, 15) is 13.2 Å². The van der Waals surface area contributed by atoms with E-state index in [1.807, 2.05) is 19.2 Å². The van der Waals surface area contributed by atoms with Crippen molar-refractivity contribution >= 4 is 27.1 Å². The molecule has 1 N–H and O–H groups in total. The van der Waals surface area contributed by atoms with Crippen molar-refractivity contribution in [1.29, 1.82) is 0 Å². The summed E-state index contributed by atoms with van der Waals surface area (Å²) in [5, 5.41) is 0.566. The lowest BCUT2D eigenvalue weighted by atomic mass is 9.90. The summed E-state index contributed by atoms with van der Waals surface area (Å²) in [7, 11) is -3.42. The van der Waals surface area contributed by atoms with Crippen LogP contribution in [0.2, 0.25) is 0 Å². The van der Waals surface area contributed by atoms with Crippen molar-refractivity contribution in [2.45, 2.75) is 30.9 Å². The topological polar surface area (TPSA) is 105 Å². The second kappa shape index (κ2) is 7.75. The molecular weight excluding hydrogens is 420 g/mol. The van der Waals surface area contributed by atoms with Crippen LogP contribution in [0.1, 0.15) is 31.2 Å². The Morgan fingerprint density at radius 3 is 2.74 bits per heavy atom. The average molecular weight is 449 g/mol. The molecule has 0 saturated carbocycles. The van der Waals surface area contributed by atoms with Crippen molar-refractivity contribution in [1.82, 2.24) is 19.2 Å². The third-order valence-electron chi connectivity index (χ3n) is 6.71. The lowest BCUT2D eigenvalue weighted by Gasteiger charge is -2.42. The number of carbonyl (C=O) groups excluding carboxylic acids is 1. The molecule has 0 aromatic carbocycles. The van der Waals surface area contributed by atoms with Gasteiger partial charge in [0.25, 0.3) is 0 Å². The van der Waals surface area contributed by atoms with E-state index in [2.05, 4.69) is 16.0 Å². The Bertz CT molecular complexity index is 1070. The van der Waals surface area contributed by atoms with Gasteiger partial charge in [-0.2, -0.15) is 0 Å². The molecule has 5 rings (SSSR count). The Labute approximate surface area is 181 Å². The fourth-order valence-corrected chi connectivity index (χ4v) is 6.46. The molecular formula is C21H28N4O5S. The quantitative estimate of drug-likeness (QED) is 0.749. The van der Waals surface area contributed by atoms with Gasteiger partial charge in [-0.15, -0.1) is 0 Å². The van der Waals surface area contributed by atoms with E-state index in [1.165, 1.54) is 10.5 Å². The molecule has 0 spiro atoms. The molecule has 0 atom stereocenters. The van der Waals surface area contributed by atoms with Crippen LogP contribution < -0.4 is 0 Å². The number of rotatable bonds is 5. The minimum absolute atomic E-state index is 0.114. The van der Waals surface area contributed by atoms with E-state index in [0.29, 0.717) is 38.8 Å². The van der Waals surface area contributed by atoms with Crippen LogP contribution in [-0.2, 0) is 19.5 Å². The number of ether oxygens (including phenoxy) is 2. The molecule has 3 aliphatic rings. The highest BCUT2D eigenvalue weighted by molar-refractivity contribution is 7.89. The Hall–Kier alpha value is -2.17. The van der Waals surface area contributed by atoms with Crippen molar-refractivity contribution in [2.75, 3.05) is 46.0 Å². The standard InChI is InChI=1S/C21H28N4O5S/c1-21(12-29-13-21)14-30-20(26)24-10-16(11-24)31(27,28)25-7-4-15(5-8-25)18-9-23-19-17(18)3-2-6-22-19/h2-3,6,9,15-16H,4-5,7-8,10-14H2,1H3,(H,22,23). The van der Waals surface area contributed by atoms with E-state index in [1.54, 1.807) is 10.5 Å². The lowest BCUT2D eigenvalue weighted by molar-refractivity contribution is -0.128. The molecule has 2 aromatic rings. The monoisotopic (exact) mass is 448 g/mol. The molecule has 0 bridgehead atoms. The predicted molar refractivity (Wildman–Crippen MR) is 114 cm³/mol. The minimum atomic E-state index is -3.42. The highest BCUT2D eigenvalue weighted by Crippen LogP contribution is 2.34. The summed E-state index contributed by atoms with van der Waals surface area (Å²) in [4.78, 5) is 21.2. The number of aromatic nitrogens is 2. The largest absolute Gasteiger partial charge is 0.449 e. The molecule has 2 aromatic heterocycles. The average Bonchev–Trinajstić information content (AvgIpc) is 3.14. The maximum atomic E-state index is 13.0. The molecule has 9 nitrogen and oxygen atoms in total. The number of likely N-dealkylation sites (tertiary alicyclic amines) is 1.